The first-order valence-corrected chi connectivity index (χ1v) is 8.49. The van der Waals surface area contributed by atoms with Gasteiger partial charge in [0.15, 0.2) is 5.78 Å². The zero-order valence-electron chi connectivity index (χ0n) is 12.3. The number of halogens is 1. The summed E-state index contributed by atoms with van der Waals surface area (Å²) in [5.74, 6) is 0.197. The fourth-order valence-corrected chi connectivity index (χ4v) is 3.61. The number of carbonyl (C=O) groups is 3. The maximum Gasteiger partial charge on any atom is 0.255 e. The molecule has 2 aliphatic rings. The van der Waals surface area contributed by atoms with Crippen LogP contribution in [0, 0.1) is 0 Å². The van der Waals surface area contributed by atoms with Crippen LogP contribution in [0.5, 0.6) is 0 Å². The highest BCUT2D eigenvalue weighted by Gasteiger charge is 2.36. The summed E-state index contributed by atoms with van der Waals surface area (Å²) < 4.78 is 0.859. The topological polar surface area (TPSA) is 54.5 Å². The lowest BCUT2D eigenvalue weighted by Crippen LogP contribution is -2.41. The highest BCUT2D eigenvalue weighted by atomic mass is 79.9. The molecule has 1 atom stereocenters. The molecule has 116 valence electrons. The number of ketones is 2. The molecule has 0 spiro atoms. The van der Waals surface area contributed by atoms with Crippen molar-refractivity contribution >= 4 is 33.4 Å². The molecule has 0 aromatic heterocycles. The van der Waals surface area contributed by atoms with Crippen molar-refractivity contribution in [2.24, 2.45) is 0 Å². The summed E-state index contributed by atoms with van der Waals surface area (Å²) in [5.41, 5.74) is 1.61. The minimum Gasteiger partial charge on any atom is -0.324 e. The summed E-state index contributed by atoms with van der Waals surface area (Å²) in [6.07, 6.45) is 3.38. The number of carbonyl (C=O) groups excluding carboxylic acids is 3. The smallest absolute Gasteiger partial charge is 0.255 e. The Morgan fingerprint density at radius 1 is 1.05 bits per heavy atom. The molecule has 1 saturated carbocycles. The molecule has 1 aliphatic heterocycles. The Morgan fingerprint density at radius 2 is 1.82 bits per heavy atom. The van der Waals surface area contributed by atoms with E-state index in [4.69, 9.17) is 0 Å². The van der Waals surface area contributed by atoms with E-state index >= 15 is 0 Å². The van der Waals surface area contributed by atoms with Crippen LogP contribution in [0.25, 0.3) is 0 Å². The van der Waals surface area contributed by atoms with Gasteiger partial charge in [0.05, 0.1) is 6.04 Å². The molecular formula is C17H18BrNO3. The molecular weight excluding hydrogens is 346 g/mol. The normalized spacial score (nSPS) is 23.0. The quantitative estimate of drug-likeness (QED) is 0.769. The van der Waals surface area contributed by atoms with E-state index in [2.05, 4.69) is 15.9 Å². The maximum absolute atomic E-state index is 12.6. The van der Waals surface area contributed by atoms with E-state index in [9.17, 15) is 14.4 Å². The lowest BCUT2D eigenvalue weighted by atomic mass is 10.0. The van der Waals surface area contributed by atoms with Crippen LogP contribution in [-0.2, 0) is 16.1 Å². The van der Waals surface area contributed by atoms with Crippen molar-refractivity contribution in [3.05, 3.63) is 33.8 Å². The van der Waals surface area contributed by atoms with E-state index in [-0.39, 0.29) is 17.5 Å². The Balaban J connectivity index is 1.84. The molecule has 1 aromatic carbocycles. The van der Waals surface area contributed by atoms with Gasteiger partial charge in [0.25, 0.3) is 5.91 Å². The van der Waals surface area contributed by atoms with Crippen LogP contribution >= 0.6 is 15.9 Å². The number of hydrogen-bond acceptors (Lipinski definition) is 3. The largest absolute Gasteiger partial charge is 0.324 e. The number of hydrogen-bond donors (Lipinski definition) is 0. The van der Waals surface area contributed by atoms with Crippen LogP contribution in [-0.4, -0.2) is 28.4 Å². The van der Waals surface area contributed by atoms with Gasteiger partial charge < -0.3 is 4.90 Å². The SMILES string of the molecule is O=C1CCCCC(=O)C(N2Cc3ccc(Br)cc3C2=O)CC1. The second-order valence-corrected chi connectivity index (χ2v) is 6.92. The van der Waals surface area contributed by atoms with Gasteiger partial charge in [-0.2, -0.15) is 0 Å². The van der Waals surface area contributed by atoms with Crippen molar-refractivity contribution in [1.82, 2.24) is 4.90 Å². The predicted molar refractivity (Wildman–Crippen MR) is 85.5 cm³/mol. The highest BCUT2D eigenvalue weighted by molar-refractivity contribution is 9.10. The maximum atomic E-state index is 12.6. The Bertz CT molecular complexity index is 641. The Hall–Kier alpha value is -1.49. The monoisotopic (exact) mass is 363 g/mol. The lowest BCUT2D eigenvalue weighted by molar-refractivity contribution is -0.124. The molecule has 1 aliphatic carbocycles. The summed E-state index contributed by atoms with van der Waals surface area (Å²) in [5, 5.41) is 0. The number of fused-ring (bicyclic) bond motifs is 1. The second kappa shape index (κ2) is 6.32. The van der Waals surface area contributed by atoms with E-state index in [1.807, 2.05) is 18.2 Å². The summed E-state index contributed by atoms with van der Waals surface area (Å²) in [7, 11) is 0. The second-order valence-electron chi connectivity index (χ2n) is 6.00. The molecule has 0 N–H and O–H groups in total. The average Bonchev–Trinajstić information content (AvgIpc) is 2.83. The van der Waals surface area contributed by atoms with Crippen LogP contribution in [0.3, 0.4) is 0 Å². The third-order valence-corrected chi connectivity index (χ3v) is 4.97. The highest BCUT2D eigenvalue weighted by Crippen LogP contribution is 2.30. The van der Waals surface area contributed by atoms with Gasteiger partial charge in [-0.1, -0.05) is 22.0 Å². The van der Waals surface area contributed by atoms with Gasteiger partial charge in [0.2, 0.25) is 0 Å². The third-order valence-electron chi connectivity index (χ3n) is 4.48. The van der Waals surface area contributed by atoms with Crippen molar-refractivity contribution in [2.75, 3.05) is 0 Å². The summed E-state index contributed by atoms with van der Waals surface area (Å²) in [4.78, 5) is 38.5. The lowest BCUT2D eigenvalue weighted by Gasteiger charge is -2.26. The molecule has 0 bridgehead atoms. The van der Waals surface area contributed by atoms with Gasteiger partial charge in [-0.05, 0) is 37.0 Å². The van der Waals surface area contributed by atoms with Gasteiger partial charge in [-0.15, -0.1) is 0 Å². The minimum atomic E-state index is -0.458. The van der Waals surface area contributed by atoms with Gasteiger partial charge in [0, 0.05) is 35.8 Å². The molecule has 1 fully saturated rings. The van der Waals surface area contributed by atoms with E-state index in [0.29, 0.717) is 37.8 Å². The molecule has 1 amide bonds. The fraction of sp³-hybridized carbons (Fsp3) is 0.471. The van der Waals surface area contributed by atoms with Gasteiger partial charge in [0.1, 0.15) is 5.78 Å². The molecule has 4 nitrogen and oxygen atoms in total. The van der Waals surface area contributed by atoms with Gasteiger partial charge >= 0.3 is 0 Å². The van der Waals surface area contributed by atoms with Crippen molar-refractivity contribution in [1.29, 1.82) is 0 Å². The molecule has 0 radical (unpaired) electrons. The zero-order valence-corrected chi connectivity index (χ0v) is 13.9. The van der Waals surface area contributed by atoms with Crippen molar-refractivity contribution < 1.29 is 14.4 Å². The number of nitrogens with zero attached hydrogens (tertiary/aromatic N) is 1. The summed E-state index contributed by atoms with van der Waals surface area (Å²) in [6.45, 7) is 0.464. The summed E-state index contributed by atoms with van der Waals surface area (Å²) in [6, 6.07) is 5.18. The molecule has 5 heteroatoms. The number of rotatable bonds is 1. The molecule has 0 saturated heterocycles. The predicted octanol–water partition coefficient (Wildman–Crippen LogP) is 3.27. The summed E-state index contributed by atoms with van der Waals surface area (Å²) >= 11 is 3.38. The first-order chi connectivity index (χ1) is 10.6. The average molecular weight is 364 g/mol. The number of benzene rings is 1. The standard InChI is InChI=1S/C17H18BrNO3/c18-12-6-5-11-10-19(17(22)14(11)9-12)15-8-7-13(20)3-1-2-4-16(15)21/h5-6,9,15H,1-4,7-8,10H2. The van der Waals surface area contributed by atoms with Crippen molar-refractivity contribution in [2.45, 2.75) is 51.1 Å². The zero-order chi connectivity index (χ0) is 15.7. The number of amides is 1. The van der Waals surface area contributed by atoms with Crippen molar-refractivity contribution in [3.63, 3.8) is 0 Å². The molecule has 1 unspecified atom stereocenters. The number of Topliss-reactive ketones (excluding diaryl/α,β-unsaturated/α-hetero) is 2. The van der Waals surface area contributed by atoms with Crippen LogP contribution in [0.2, 0.25) is 0 Å². The molecule has 22 heavy (non-hydrogen) atoms. The van der Waals surface area contributed by atoms with E-state index in [1.165, 1.54) is 0 Å². The Labute approximate surface area is 138 Å². The first-order valence-electron chi connectivity index (χ1n) is 7.70. The minimum absolute atomic E-state index is 0.0925. The van der Waals surface area contributed by atoms with Gasteiger partial charge in [-0.3, -0.25) is 14.4 Å². The van der Waals surface area contributed by atoms with Crippen LogP contribution in [0.15, 0.2) is 22.7 Å². The van der Waals surface area contributed by atoms with Crippen LogP contribution < -0.4 is 0 Å². The molecule has 1 aromatic rings. The van der Waals surface area contributed by atoms with E-state index in [0.717, 1.165) is 22.9 Å². The molecule has 1 heterocycles. The van der Waals surface area contributed by atoms with Crippen LogP contribution in [0.4, 0.5) is 0 Å². The third kappa shape index (κ3) is 3.00. The van der Waals surface area contributed by atoms with Crippen LogP contribution in [0.1, 0.15) is 54.4 Å². The van der Waals surface area contributed by atoms with Gasteiger partial charge in [-0.25, -0.2) is 0 Å². The van der Waals surface area contributed by atoms with Crippen molar-refractivity contribution in [3.8, 4) is 0 Å². The first kappa shape index (κ1) is 15.4. The molecule has 3 rings (SSSR count). The van der Waals surface area contributed by atoms with E-state index in [1.54, 1.807) is 4.90 Å². The Kier molecular flexibility index (Phi) is 4.43. The Morgan fingerprint density at radius 3 is 2.64 bits per heavy atom. The van der Waals surface area contributed by atoms with E-state index < -0.39 is 6.04 Å². The fourth-order valence-electron chi connectivity index (χ4n) is 3.25.